The Labute approximate surface area is 149 Å². The molecule has 0 atom stereocenters. The lowest BCUT2D eigenvalue weighted by molar-refractivity contribution is 0.130. The third kappa shape index (κ3) is 5.48. The fourth-order valence-corrected chi connectivity index (χ4v) is 3.02. The van der Waals surface area contributed by atoms with Crippen LogP contribution < -0.4 is 15.8 Å². The van der Waals surface area contributed by atoms with Gasteiger partial charge in [0.1, 0.15) is 6.10 Å². The van der Waals surface area contributed by atoms with Crippen LogP contribution in [0.3, 0.4) is 0 Å². The summed E-state index contributed by atoms with van der Waals surface area (Å²) in [5.41, 5.74) is 7.91. The van der Waals surface area contributed by atoms with Gasteiger partial charge in [0.05, 0.1) is 6.54 Å². The Morgan fingerprint density at radius 3 is 2.72 bits per heavy atom. The molecule has 1 aliphatic carbocycles. The average molecular weight is 338 g/mol. The Bertz CT molecular complexity index is 694. The first kappa shape index (κ1) is 17.3. The summed E-state index contributed by atoms with van der Waals surface area (Å²) in [4.78, 5) is 8.72. The largest absolute Gasteiger partial charge is 0.474 e. The zero-order chi connectivity index (χ0) is 17.5. The molecule has 5 heteroatoms. The normalized spacial score (nSPS) is 20.9. The molecule has 0 saturated heterocycles. The smallest absolute Gasteiger partial charge is 0.213 e. The molecular formula is C20H26N4O. The van der Waals surface area contributed by atoms with Gasteiger partial charge < -0.3 is 15.8 Å². The summed E-state index contributed by atoms with van der Waals surface area (Å²) in [6.45, 7) is 2.80. The summed E-state index contributed by atoms with van der Waals surface area (Å²) in [6.07, 6.45) is 6.74. The van der Waals surface area contributed by atoms with Crippen molar-refractivity contribution >= 4 is 11.6 Å². The van der Waals surface area contributed by atoms with Crippen LogP contribution in [0.25, 0.3) is 0 Å². The number of aromatic nitrogens is 1. The van der Waals surface area contributed by atoms with Gasteiger partial charge in [0, 0.05) is 18.0 Å². The van der Waals surface area contributed by atoms with E-state index in [1.165, 1.54) is 12.8 Å². The number of para-hydroxylation sites is 1. The van der Waals surface area contributed by atoms with Gasteiger partial charge in [-0.15, -0.1) is 0 Å². The Morgan fingerprint density at radius 1 is 1.20 bits per heavy atom. The van der Waals surface area contributed by atoms with Crippen LogP contribution in [0, 0.1) is 5.92 Å². The number of nitrogens with two attached hydrogens (primary N) is 1. The first-order valence-electron chi connectivity index (χ1n) is 8.92. The summed E-state index contributed by atoms with van der Waals surface area (Å²) in [5.74, 6) is 1.89. The van der Waals surface area contributed by atoms with E-state index in [1.807, 2.05) is 42.5 Å². The molecule has 1 aromatic heterocycles. The van der Waals surface area contributed by atoms with E-state index in [0.717, 1.165) is 30.0 Å². The van der Waals surface area contributed by atoms with Crippen LogP contribution in [-0.2, 0) is 6.54 Å². The molecule has 1 aromatic carbocycles. The van der Waals surface area contributed by atoms with Crippen molar-refractivity contribution in [1.82, 2.24) is 4.98 Å². The SMILES string of the molecule is CC1CCC(Oc2cc(CN=C(N)Nc3ccccc3)ccn2)CC1. The number of aliphatic imine (C=N–C) groups is 1. The maximum absolute atomic E-state index is 6.04. The molecular weight excluding hydrogens is 312 g/mol. The van der Waals surface area contributed by atoms with Crippen molar-refractivity contribution in [3.8, 4) is 5.88 Å². The van der Waals surface area contributed by atoms with Crippen molar-refractivity contribution in [2.75, 3.05) is 5.32 Å². The maximum atomic E-state index is 6.04. The third-order valence-electron chi connectivity index (χ3n) is 4.53. The molecule has 0 unspecified atom stereocenters. The van der Waals surface area contributed by atoms with Gasteiger partial charge in [-0.2, -0.15) is 0 Å². The molecule has 3 rings (SSSR count). The first-order chi connectivity index (χ1) is 12.2. The Morgan fingerprint density at radius 2 is 1.96 bits per heavy atom. The zero-order valence-electron chi connectivity index (χ0n) is 14.7. The van der Waals surface area contributed by atoms with E-state index in [1.54, 1.807) is 6.20 Å². The molecule has 2 aromatic rings. The summed E-state index contributed by atoms with van der Waals surface area (Å²) in [7, 11) is 0. The second-order valence-electron chi connectivity index (χ2n) is 6.69. The molecule has 25 heavy (non-hydrogen) atoms. The number of benzene rings is 1. The minimum Gasteiger partial charge on any atom is -0.474 e. The van der Waals surface area contributed by atoms with Gasteiger partial charge in [0.25, 0.3) is 0 Å². The van der Waals surface area contributed by atoms with Gasteiger partial charge >= 0.3 is 0 Å². The highest BCUT2D eigenvalue weighted by Gasteiger charge is 2.19. The number of hydrogen-bond acceptors (Lipinski definition) is 3. The Balaban J connectivity index is 1.55. The predicted molar refractivity (Wildman–Crippen MR) is 102 cm³/mol. The quantitative estimate of drug-likeness (QED) is 0.639. The van der Waals surface area contributed by atoms with E-state index in [0.29, 0.717) is 18.4 Å². The lowest BCUT2D eigenvalue weighted by Gasteiger charge is -2.26. The van der Waals surface area contributed by atoms with Crippen LogP contribution in [0.4, 0.5) is 5.69 Å². The van der Waals surface area contributed by atoms with Gasteiger partial charge in [0.2, 0.25) is 5.88 Å². The average Bonchev–Trinajstić information content (AvgIpc) is 2.63. The summed E-state index contributed by atoms with van der Waals surface area (Å²) < 4.78 is 6.04. The minimum atomic E-state index is 0.285. The second-order valence-corrected chi connectivity index (χ2v) is 6.69. The van der Waals surface area contributed by atoms with Crippen LogP contribution in [0.2, 0.25) is 0 Å². The van der Waals surface area contributed by atoms with E-state index in [9.17, 15) is 0 Å². The summed E-state index contributed by atoms with van der Waals surface area (Å²) >= 11 is 0. The fourth-order valence-electron chi connectivity index (χ4n) is 3.02. The van der Waals surface area contributed by atoms with Crippen LogP contribution >= 0.6 is 0 Å². The monoisotopic (exact) mass is 338 g/mol. The number of ether oxygens (including phenoxy) is 1. The minimum absolute atomic E-state index is 0.285. The molecule has 0 amide bonds. The Hall–Kier alpha value is -2.56. The van der Waals surface area contributed by atoms with E-state index < -0.39 is 0 Å². The first-order valence-corrected chi connectivity index (χ1v) is 8.92. The van der Waals surface area contributed by atoms with Crippen molar-refractivity contribution in [3.63, 3.8) is 0 Å². The molecule has 0 bridgehead atoms. The molecule has 1 saturated carbocycles. The molecule has 1 heterocycles. The highest BCUT2D eigenvalue weighted by molar-refractivity contribution is 5.92. The Kier molecular flexibility index (Phi) is 5.88. The molecule has 0 spiro atoms. The van der Waals surface area contributed by atoms with Crippen molar-refractivity contribution < 1.29 is 4.74 Å². The number of pyridine rings is 1. The molecule has 3 N–H and O–H groups in total. The van der Waals surface area contributed by atoms with Gasteiger partial charge in [-0.25, -0.2) is 9.98 Å². The predicted octanol–water partition coefficient (Wildman–Crippen LogP) is 3.97. The highest BCUT2D eigenvalue weighted by atomic mass is 16.5. The summed E-state index contributed by atoms with van der Waals surface area (Å²) in [5, 5.41) is 3.08. The fraction of sp³-hybridized carbons (Fsp3) is 0.400. The number of anilines is 1. The number of rotatable bonds is 5. The zero-order valence-corrected chi connectivity index (χ0v) is 14.7. The van der Waals surface area contributed by atoms with E-state index in [2.05, 4.69) is 22.2 Å². The molecule has 5 nitrogen and oxygen atoms in total. The van der Waals surface area contributed by atoms with Crippen LogP contribution in [0.1, 0.15) is 38.2 Å². The van der Waals surface area contributed by atoms with Gasteiger partial charge in [-0.3, -0.25) is 0 Å². The van der Waals surface area contributed by atoms with E-state index in [4.69, 9.17) is 10.5 Å². The molecule has 0 aliphatic heterocycles. The van der Waals surface area contributed by atoms with E-state index >= 15 is 0 Å². The highest BCUT2D eigenvalue weighted by Crippen LogP contribution is 2.26. The van der Waals surface area contributed by atoms with Gasteiger partial charge in [-0.1, -0.05) is 25.1 Å². The third-order valence-corrected chi connectivity index (χ3v) is 4.53. The lowest BCUT2D eigenvalue weighted by Crippen LogP contribution is -2.23. The molecule has 1 aliphatic rings. The van der Waals surface area contributed by atoms with E-state index in [-0.39, 0.29) is 6.10 Å². The molecule has 1 fully saturated rings. The lowest BCUT2D eigenvalue weighted by atomic mass is 9.89. The molecule has 0 radical (unpaired) electrons. The van der Waals surface area contributed by atoms with Crippen molar-refractivity contribution in [2.45, 2.75) is 45.3 Å². The van der Waals surface area contributed by atoms with Crippen LogP contribution in [0.15, 0.2) is 53.7 Å². The topological polar surface area (TPSA) is 72.5 Å². The van der Waals surface area contributed by atoms with Gasteiger partial charge in [-0.05, 0) is 55.4 Å². The van der Waals surface area contributed by atoms with Crippen molar-refractivity contribution in [2.24, 2.45) is 16.6 Å². The standard InChI is InChI=1S/C20H26N4O/c1-15-7-9-18(10-8-15)25-19-13-16(11-12-22-19)14-23-20(21)24-17-5-3-2-4-6-17/h2-6,11-13,15,18H,7-10,14H2,1H3,(H3,21,23,24). The van der Waals surface area contributed by atoms with Crippen LogP contribution in [0.5, 0.6) is 5.88 Å². The number of guanidine groups is 1. The number of nitrogens with one attached hydrogen (secondary N) is 1. The number of nitrogens with zero attached hydrogens (tertiary/aromatic N) is 2. The van der Waals surface area contributed by atoms with Crippen molar-refractivity contribution in [1.29, 1.82) is 0 Å². The maximum Gasteiger partial charge on any atom is 0.213 e. The second kappa shape index (κ2) is 8.51. The van der Waals surface area contributed by atoms with Crippen molar-refractivity contribution in [3.05, 3.63) is 54.2 Å². The number of hydrogen-bond donors (Lipinski definition) is 2. The molecule has 132 valence electrons. The van der Waals surface area contributed by atoms with Crippen LogP contribution in [-0.4, -0.2) is 17.0 Å². The van der Waals surface area contributed by atoms with Gasteiger partial charge in [0.15, 0.2) is 5.96 Å². The summed E-state index contributed by atoms with van der Waals surface area (Å²) in [6, 6.07) is 13.7.